The van der Waals surface area contributed by atoms with E-state index in [0.717, 1.165) is 16.5 Å². The van der Waals surface area contributed by atoms with Gasteiger partial charge in [0.1, 0.15) is 0 Å². The molecule has 0 saturated heterocycles. The van der Waals surface area contributed by atoms with E-state index in [1.54, 1.807) is 12.4 Å². The predicted molar refractivity (Wildman–Crippen MR) is 63.0 cm³/mol. The molecule has 0 aliphatic carbocycles. The molecule has 0 radical (unpaired) electrons. The molecule has 16 heavy (non-hydrogen) atoms. The van der Waals surface area contributed by atoms with Crippen molar-refractivity contribution in [2.75, 3.05) is 11.9 Å². The number of pyridine rings is 1. The summed E-state index contributed by atoms with van der Waals surface area (Å²) < 4.78 is 5.01. The molecule has 1 aromatic carbocycles. The van der Waals surface area contributed by atoms with Gasteiger partial charge in [0.2, 0.25) is 6.41 Å². The topological polar surface area (TPSA) is 54.4 Å². The molecule has 1 atom stereocenters. The van der Waals surface area contributed by atoms with Gasteiger partial charge in [0, 0.05) is 23.6 Å². The quantitative estimate of drug-likeness (QED) is 0.770. The number of nitrogens with one attached hydrogen (secondary N) is 1. The van der Waals surface area contributed by atoms with Crippen molar-refractivity contribution in [2.45, 2.75) is 13.3 Å². The van der Waals surface area contributed by atoms with Crippen LogP contribution in [0.25, 0.3) is 10.8 Å². The minimum absolute atomic E-state index is 0.451. The van der Waals surface area contributed by atoms with E-state index in [1.165, 1.54) is 0 Å². The second-order valence-electron chi connectivity index (χ2n) is 3.36. The Labute approximate surface area is 93.9 Å². The number of rotatable bonds is 4. The SMILES string of the molecule is CCOC(O)Nc1cncc2ccccc12. The highest BCUT2D eigenvalue weighted by molar-refractivity contribution is 5.92. The van der Waals surface area contributed by atoms with Crippen LogP contribution in [0.5, 0.6) is 0 Å². The van der Waals surface area contributed by atoms with Crippen molar-refractivity contribution in [3.8, 4) is 0 Å². The molecule has 0 spiro atoms. The lowest BCUT2D eigenvalue weighted by atomic mass is 10.1. The standard InChI is InChI=1S/C12H14N2O2/c1-2-16-12(15)14-11-8-13-7-9-5-3-4-6-10(9)11/h3-8,12,14-15H,2H2,1H3. The molecule has 0 fully saturated rings. The highest BCUT2D eigenvalue weighted by Crippen LogP contribution is 2.21. The molecule has 0 bridgehead atoms. The van der Waals surface area contributed by atoms with E-state index >= 15 is 0 Å². The maximum absolute atomic E-state index is 9.50. The summed E-state index contributed by atoms with van der Waals surface area (Å²) in [6.07, 6.45) is 2.45. The molecule has 4 heteroatoms. The molecule has 2 aromatic rings. The Morgan fingerprint density at radius 1 is 1.38 bits per heavy atom. The lowest BCUT2D eigenvalue weighted by Crippen LogP contribution is -2.22. The maximum atomic E-state index is 9.50. The molecule has 0 saturated carbocycles. The Morgan fingerprint density at radius 2 is 2.19 bits per heavy atom. The van der Waals surface area contributed by atoms with E-state index in [1.807, 2.05) is 31.2 Å². The van der Waals surface area contributed by atoms with Gasteiger partial charge in [-0.25, -0.2) is 0 Å². The lowest BCUT2D eigenvalue weighted by molar-refractivity contribution is -0.0729. The fourth-order valence-corrected chi connectivity index (χ4v) is 1.56. The van der Waals surface area contributed by atoms with Gasteiger partial charge in [-0.3, -0.25) is 4.98 Å². The van der Waals surface area contributed by atoms with E-state index in [0.29, 0.717) is 6.61 Å². The minimum Gasteiger partial charge on any atom is -0.351 e. The predicted octanol–water partition coefficient (Wildman–Crippen LogP) is 1.96. The number of aromatic nitrogens is 1. The van der Waals surface area contributed by atoms with Crippen LogP contribution in [0.1, 0.15) is 6.92 Å². The molecule has 0 amide bonds. The van der Waals surface area contributed by atoms with Crippen molar-refractivity contribution < 1.29 is 9.84 Å². The average molecular weight is 218 g/mol. The highest BCUT2D eigenvalue weighted by Gasteiger charge is 2.05. The summed E-state index contributed by atoms with van der Waals surface area (Å²) in [6.45, 7) is 2.28. The number of nitrogens with zero attached hydrogens (tertiary/aromatic N) is 1. The van der Waals surface area contributed by atoms with Crippen molar-refractivity contribution in [1.82, 2.24) is 4.98 Å². The second-order valence-corrected chi connectivity index (χ2v) is 3.36. The molecule has 0 aliphatic rings. The average Bonchev–Trinajstić information content (AvgIpc) is 2.30. The lowest BCUT2D eigenvalue weighted by Gasteiger charge is -2.14. The summed E-state index contributed by atoms with van der Waals surface area (Å²) in [5.74, 6) is 0. The summed E-state index contributed by atoms with van der Waals surface area (Å²) in [6, 6.07) is 7.84. The molecule has 2 N–H and O–H groups in total. The molecule has 1 heterocycles. The first-order chi connectivity index (χ1) is 7.81. The third kappa shape index (κ3) is 2.29. The van der Waals surface area contributed by atoms with Crippen LogP contribution in [-0.4, -0.2) is 23.1 Å². The largest absolute Gasteiger partial charge is 0.351 e. The summed E-state index contributed by atoms with van der Waals surface area (Å²) in [5.41, 5.74) is 0.763. The molecular weight excluding hydrogens is 204 g/mol. The van der Waals surface area contributed by atoms with Crippen LogP contribution < -0.4 is 5.32 Å². The van der Waals surface area contributed by atoms with E-state index < -0.39 is 6.41 Å². The number of hydrogen-bond acceptors (Lipinski definition) is 4. The number of hydrogen-bond donors (Lipinski definition) is 2. The molecule has 0 aliphatic heterocycles. The number of ether oxygens (including phenoxy) is 1. The molecular formula is C12H14N2O2. The number of aliphatic hydroxyl groups excluding tert-OH is 1. The Hall–Kier alpha value is -1.65. The van der Waals surface area contributed by atoms with Crippen LogP contribution in [0.2, 0.25) is 0 Å². The van der Waals surface area contributed by atoms with Crippen LogP contribution in [0.15, 0.2) is 36.7 Å². The monoisotopic (exact) mass is 218 g/mol. The molecule has 84 valence electrons. The summed E-state index contributed by atoms with van der Waals surface area (Å²) in [5, 5.41) is 14.4. The van der Waals surface area contributed by atoms with Crippen molar-refractivity contribution in [3.05, 3.63) is 36.7 Å². The van der Waals surface area contributed by atoms with Crippen LogP contribution in [0.4, 0.5) is 5.69 Å². The van der Waals surface area contributed by atoms with Crippen LogP contribution in [0.3, 0.4) is 0 Å². The van der Waals surface area contributed by atoms with Gasteiger partial charge in [-0.05, 0) is 6.92 Å². The van der Waals surface area contributed by atoms with E-state index in [-0.39, 0.29) is 0 Å². The maximum Gasteiger partial charge on any atom is 0.235 e. The minimum atomic E-state index is -1.00. The van der Waals surface area contributed by atoms with E-state index in [2.05, 4.69) is 10.3 Å². The fraction of sp³-hybridized carbons (Fsp3) is 0.250. The van der Waals surface area contributed by atoms with E-state index in [9.17, 15) is 5.11 Å². The summed E-state index contributed by atoms with van der Waals surface area (Å²) in [4.78, 5) is 4.10. The molecule has 4 nitrogen and oxygen atoms in total. The Balaban J connectivity index is 2.30. The number of fused-ring (bicyclic) bond motifs is 1. The summed E-state index contributed by atoms with van der Waals surface area (Å²) in [7, 11) is 0. The second kappa shape index (κ2) is 4.92. The van der Waals surface area contributed by atoms with Crippen molar-refractivity contribution in [1.29, 1.82) is 0 Å². The number of anilines is 1. The zero-order valence-corrected chi connectivity index (χ0v) is 9.05. The number of aliphatic hydroxyl groups is 1. The van der Waals surface area contributed by atoms with Crippen molar-refractivity contribution in [3.63, 3.8) is 0 Å². The van der Waals surface area contributed by atoms with Gasteiger partial charge in [0.15, 0.2) is 0 Å². The van der Waals surface area contributed by atoms with Gasteiger partial charge in [-0.15, -0.1) is 0 Å². The first kappa shape index (κ1) is 10.9. The Bertz CT molecular complexity index is 468. The van der Waals surface area contributed by atoms with Gasteiger partial charge < -0.3 is 15.2 Å². The first-order valence-electron chi connectivity index (χ1n) is 5.20. The molecule has 2 rings (SSSR count). The summed E-state index contributed by atoms with van der Waals surface area (Å²) >= 11 is 0. The highest BCUT2D eigenvalue weighted by atomic mass is 16.6. The first-order valence-corrected chi connectivity index (χ1v) is 5.20. The Morgan fingerprint density at radius 3 is 3.00 bits per heavy atom. The van der Waals surface area contributed by atoms with Gasteiger partial charge >= 0.3 is 0 Å². The molecule has 1 aromatic heterocycles. The van der Waals surface area contributed by atoms with E-state index in [4.69, 9.17) is 4.74 Å². The zero-order chi connectivity index (χ0) is 11.4. The smallest absolute Gasteiger partial charge is 0.235 e. The third-order valence-electron chi connectivity index (χ3n) is 2.27. The van der Waals surface area contributed by atoms with Gasteiger partial charge in [0.25, 0.3) is 0 Å². The van der Waals surface area contributed by atoms with Crippen molar-refractivity contribution >= 4 is 16.5 Å². The Kier molecular flexibility index (Phi) is 3.34. The normalized spacial score (nSPS) is 12.6. The zero-order valence-electron chi connectivity index (χ0n) is 9.05. The molecule has 1 unspecified atom stereocenters. The van der Waals surface area contributed by atoms with Crippen LogP contribution in [-0.2, 0) is 4.74 Å². The van der Waals surface area contributed by atoms with Gasteiger partial charge in [0.05, 0.1) is 11.9 Å². The fourth-order valence-electron chi connectivity index (χ4n) is 1.56. The van der Waals surface area contributed by atoms with Gasteiger partial charge in [-0.1, -0.05) is 24.3 Å². The van der Waals surface area contributed by atoms with Crippen LogP contribution in [0, 0.1) is 0 Å². The van der Waals surface area contributed by atoms with Gasteiger partial charge in [-0.2, -0.15) is 0 Å². The number of benzene rings is 1. The van der Waals surface area contributed by atoms with Crippen molar-refractivity contribution in [2.24, 2.45) is 0 Å². The third-order valence-corrected chi connectivity index (χ3v) is 2.27. The van der Waals surface area contributed by atoms with Crippen LogP contribution >= 0.6 is 0 Å².